The second-order valence-corrected chi connectivity index (χ2v) is 8.38. The summed E-state index contributed by atoms with van der Waals surface area (Å²) in [5.41, 5.74) is 2.11. The first-order chi connectivity index (χ1) is 7.97. The van der Waals surface area contributed by atoms with Crippen LogP contribution in [0.4, 0.5) is 0 Å². The normalized spacial score (nSPS) is 12.8. The van der Waals surface area contributed by atoms with Gasteiger partial charge in [-0.25, -0.2) is 0 Å². The van der Waals surface area contributed by atoms with Crippen LogP contribution in [0.3, 0.4) is 0 Å². The first kappa shape index (κ1) is 14.4. The van der Waals surface area contributed by atoms with Crippen molar-refractivity contribution in [2.75, 3.05) is 0 Å². The van der Waals surface area contributed by atoms with Crippen molar-refractivity contribution < 1.29 is 0 Å². The lowest BCUT2D eigenvalue weighted by molar-refractivity contribution is 1.19. The average molecular weight is 480 g/mol. The monoisotopic (exact) mass is 476 g/mol. The molecule has 0 radical (unpaired) electrons. The molecule has 2 rings (SSSR count). The zero-order valence-corrected chi connectivity index (χ0v) is 15.3. The standard InChI is InChI=1S/C11H5Br3Cl2S/c12-6-1-5(2-7(13)3-6)10(14)8-4-9(15)17-11(8)16/h1-4,10H. The van der Waals surface area contributed by atoms with E-state index in [1.54, 1.807) is 0 Å². The average Bonchev–Trinajstić information content (AvgIpc) is 2.55. The Labute approximate surface area is 139 Å². The minimum absolute atomic E-state index is 0.0348. The van der Waals surface area contributed by atoms with E-state index in [4.69, 9.17) is 23.2 Å². The fraction of sp³-hybridized carbons (Fsp3) is 0.0909. The van der Waals surface area contributed by atoms with Gasteiger partial charge in [-0.15, -0.1) is 11.3 Å². The van der Waals surface area contributed by atoms with E-state index >= 15 is 0 Å². The van der Waals surface area contributed by atoms with Crippen molar-refractivity contribution in [1.29, 1.82) is 0 Å². The largest absolute Gasteiger partial charge is 0.111 e. The minimum atomic E-state index is 0.0348. The van der Waals surface area contributed by atoms with E-state index in [0.717, 1.165) is 20.1 Å². The molecule has 1 aromatic heterocycles. The van der Waals surface area contributed by atoms with Gasteiger partial charge in [-0.3, -0.25) is 0 Å². The number of hydrogen-bond donors (Lipinski definition) is 0. The van der Waals surface area contributed by atoms with E-state index in [0.29, 0.717) is 8.67 Å². The highest BCUT2D eigenvalue weighted by molar-refractivity contribution is 9.11. The molecule has 0 N–H and O–H groups in total. The molecule has 2 aromatic rings. The van der Waals surface area contributed by atoms with Crippen molar-refractivity contribution in [3.63, 3.8) is 0 Å². The Balaban J connectivity index is 2.43. The van der Waals surface area contributed by atoms with Crippen LogP contribution in [0.2, 0.25) is 8.67 Å². The van der Waals surface area contributed by atoms with E-state index in [1.807, 2.05) is 24.3 Å². The maximum absolute atomic E-state index is 6.15. The molecule has 0 fully saturated rings. The van der Waals surface area contributed by atoms with Crippen molar-refractivity contribution in [3.8, 4) is 0 Å². The fourth-order valence-corrected chi connectivity index (χ4v) is 5.20. The summed E-state index contributed by atoms with van der Waals surface area (Å²) in [5.74, 6) is 0. The van der Waals surface area contributed by atoms with Crippen molar-refractivity contribution in [2.24, 2.45) is 0 Å². The molecule has 0 aliphatic carbocycles. The molecule has 1 unspecified atom stereocenters. The molecule has 17 heavy (non-hydrogen) atoms. The quantitative estimate of drug-likeness (QED) is 0.404. The second kappa shape index (κ2) is 5.93. The second-order valence-electron chi connectivity index (χ2n) is 3.34. The van der Waals surface area contributed by atoms with Crippen molar-refractivity contribution in [3.05, 3.63) is 53.0 Å². The van der Waals surface area contributed by atoms with Gasteiger partial charge in [-0.1, -0.05) is 71.0 Å². The molecular weight excluding hydrogens is 475 g/mol. The van der Waals surface area contributed by atoms with Gasteiger partial charge in [0.25, 0.3) is 0 Å². The highest BCUT2D eigenvalue weighted by Gasteiger charge is 2.17. The lowest BCUT2D eigenvalue weighted by Crippen LogP contribution is -1.91. The molecule has 0 amide bonds. The predicted molar refractivity (Wildman–Crippen MR) is 87.0 cm³/mol. The van der Waals surface area contributed by atoms with Crippen LogP contribution in [0.15, 0.2) is 33.2 Å². The van der Waals surface area contributed by atoms with Crippen molar-refractivity contribution in [1.82, 2.24) is 0 Å². The highest BCUT2D eigenvalue weighted by Crippen LogP contribution is 2.42. The minimum Gasteiger partial charge on any atom is -0.111 e. The molecule has 1 aromatic carbocycles. The van der Waals surface area contributed by atoms with Crippen LogP contribution in [0.5, 0.6) is 0 Å². The van der Waals surface area contributed by atoms with Crippen LogP contribution in [0.1, 0.15) is 16.0 Å². The van der Waals surface area contributed by atoms with Crippen molar-refractivity contribution >= 4 is 82.3 Å². The Bertz CT molecular complexity index is 533. The summed E-state index contributed by atoms with van der Waals surface area (Å²) in [6.45, 7) is 0. The van der Waals surface area contributed by atoms with Gasteiger partial charge in [0.1, 0.15) is 0 Å². The number of rotatable bonds is 2. The van der Waals surface area contributed by atoms with Gasteiger partial charge in [0.2, 0.25) is 0 Å². The molecule has 90 valence electrons. The lowest BCUT2D eigenvalue weighted by Gasteiger charge is -2.10. The summed E-state index contributed by atoms with van der Waals surface area (Å²) in [5, 5.41) is 0. The number of hydrogen-bond acceptors (Lipinski definition) is 1. The number of benzene rings is 1. The molecule has 0 nitrogen and oxygen atoms in total. The Morgan fingerprint density at radius 2 is 1.59 bits per heavy atom. The maximum Gasteiger partial charge on any atom is 0.0990 e. The van der Waals surface area contributed by atoms with Gasteiger partial charge in [-0.2, -0.15) is 0 Å². The van der Waals surface area contributed by atoms with E-state index in [-0.39, 0.29) is 4.83 Å². The SMILES string of the molecule is Clc1cc(C(Br)c2cc(Br)cc(Br)c2)c(Cl)s1. The Morgan fingerprint density at radius 3 is 2.06 bits per heavy atom. The predicted octanol–water partition coefficient (Wildman–Crippen LogP) is 7.06. The smallest absolute Gasteiger partial charge is 0.0990 e. The zero-order chi connectivity index (χ0) is 12.6. The molecule has 0 bridgehead atoms. The van der Waals surface area contributed by atoms with E-state index < -0.39 is 0 Å². The Morgan fingerprint density at radius 1 is 1.00 bits per heavy atom. The van der Waals surface area contributed by atoms with Crippen LogP contribution >= 0.6 is 82.3 Å². The zero-order valence-electron chi connectivity index (χ0n) is 8.18. The molecule has 0 saturated heterocycles. The molecular formula is C11H5Br3Cl2S. The molecule has 0 aliphatic rings. The topological polar surface area (TPSA) is 0 Å². The third-order valence-electron chi connectivity index (χ3n) is 2.13. The molecule has 0 spiro atoms. The first-order valence-corrected chi connectivity index (χ1v) is 8.59. The highest BCUT2D eigenvalue weighted by atomic mass is 79.9. The van der Waals surface area contributed by atoms with Gasteiger partial charge in [0.15, 0.2) is 0 Å². The van der Waals surface area contributed by atoms with Gasteiger partial charge in [0.05, 0.1) is 13.5 Å². The van der Waals surface area contributed by atoms with Gasteiger partial charge >= 0.3 is 0 Å². The molecule has 6 heteroatoms. The molecule has 1 heterocycles. The lowest BCUT2D eigenvalue weighted by atomic mass is 10.1. The van der Waals surface area contributed by atoms with Crippen LogP contribution in [-0.2, 0) is 0 Å². The van der Waals surface area contributed by atoms with Crippen molar-refractivity contribution in [2.45, 2.75) is 4.83 Å². The van der Waals surface area contributed by atoms with Crippen LogP contribution < -0.4 is 0 Å². The number of alkyl halides is 1. The first-order valence-electron chi connectivity index (χ1n) is 4.52. The molecule has 0 aliphatic heterocycles. The molecule has 1 atom stereocenters. The maximum atomic E-state index is 6.15. The molecule has 0 saturated carbocycles. The number of thiophene rings is 1. The summed E-state index contributed by atoms with van der Waals surface area (Å²) >= 11 is 24.1. The Hall–Kier alpha value is 0.940. The van der Waals surface area contributed by atoms with E-state index in [2.05, 4.69) is 47.8 Å². The van der Waals surface area contributed by atoms with E-state index in [1.165, 1.54) is 11.3 Å². The summed E-state index contributed by atoms with van der Waals surface area (Å²) in [6, 6.07) is 7.98. The third-order valence-corrected chi connectivity index (χ3v) is 5.59. The summed E-state index contributed by atoms with van der Waals surface area (Å²) < 4.78 is 3.45. The van der Waals surface area contributed by atoms with Crippen LogP contribution in [-0.4, -0.2) is 0 Å². The summed E-state index contributed by atoms with van der Waals surface area (Å²) in [4.78, 5) is 0.0348. The van der Waals surface area contributed by atoms with Gasteiger partial charge in [-0.05, 0) is 29.8 Å². The van der Waals surface area contributed by atoms with Gasteiger partial charge < -0.3 is 0 Å². The van der Waals surface area contributed by atoms with Crippen LogP contribution in [0, 0.1) is 0 Å². The summed E-state index contributed by atoms with van der Waals surface area (Å²) in [6.07, 6.45) is 0. The summed E-state index contributed by atoms with van der Waals surface area (Å²) in [7, 11) is 0. The Kier molecular flexibility index (Phi) is 5.01. The van der Waals surface area contributed by atoms with E-state index in [9.17, 15) is 0 Å². The number of halogens is 5. The third kappa shape index (κ3) is 3.48. The van der Waals surface area contributed by atoms with Gasteiger partial charge in [0, 0.05) is 14.5 Å². The fourth-order valence-electron chi connectivity index (χ4n) is 1.43. The van der Waals surface area contributed by atoms with Crippen LogP contribution in [0.25, 0.3) is 0 Å².